The SMILES string of the molecule is NCc1csc(-c2ccc3c(c2)OCCO3)n1. The fraction of sp³-hybridized carbons (Fsp3) is 0.250. The number of aromatic nitrogens is 1. The van der Waals surface area contributed by atoms with E-state index in [1.807, 2.05) is 23.6 Å². The number of hydrogen-bond acceptors (Lipinski definition) is 5. The standard InChI is InChI=1S/C12H12N2O2S/c13-6-9-7-17-12(14-9)8-1-2-10-11(5-8)16-4-3-15-10/h1-2,5,7H,3-4,6,13H2. The lowest BCUT2D eigenvalue weighted by Gasteiger charge is -2.18. The van der Waals surface area contributed by atoms with E-state index in [2.05, 4.69) is 4.98 Å². The summed E-state index contributed by atoms with van der Waals surface area (Å²) in [6, 6.07) is 5.88. The molecule has 1 aliphatic rings. The van der Waals surface area contributed by atoms with Crippen molar-refractivity contribution in [3.8, 4) is 22.1 Å². The molecule has 0 radical (unpaired) electrons. The van der Waals surface area contributed by atoms with E-state index in [0.717, 1.165) is 27.8 Å². The molecule has 2 heterocycles. The lowest BCUT2D eigenvalue weighted by atomic mass is 10.2. The third kappa shape index (κ3) is 1.99. The van der Waals surface area contributed by atoms with Crippen molar-refractivity contribution in [2.75, 3.05) is 13.2 Å². The maximum atomic E-state index is 5.55. The first-order valence-corrected chi connectivity index (χ1v) is 6.29. The van der Waals surface area contributed by atoms with Crippen LogP contribution < -0.4 is 15.2 Å². The van der Waals surface area contributed by atoms with Gasteiger partial charge in [-0.2, -0.15) is 0 Å². The molecule has 5 heteroatoms. The van der Waals surface area contributed by atoms with Gasteiger partial charge in [0.2, 0.25) is 0 Å². The van der Waals surface area contributed by atoms with E-state index in [0.29, 0.717) is 19.8 Å². The Morgan fingerprint density at radius 1 is 1.24 bits per heavy atom. The van der Waals surface area contributed by atoms with E-state index in [9.17, 15) is 0 Å². The number of nitrogens with zero attached hydrogens (tertiary/aromatic N) is 1. The van der Waals surface area contributed by atoms with Gasteiger partial charge in [-0.15, -0.1) is 11.3 Å². The second kappa shape index (κ2) is 4.35. The Balaban J connectivity index is 1.97. The molecule has 0 saturated heterocycles. The van der Waals surface area contributed by atoms with Gasteiger partial charge in [0.05, 0.1) is 5.69 Å². The molecule has 1 aromatic carbocycles. The van der Waals surface area contributed by atoms with E-state index in [4.69, 9.17) is 15.2 Å². The Bertz CT molecular complexity index is 539. The molecule has 0 bridgehead atoms. The van der Waals surface area contributed by atoms with Crippen molar-refractivity contribution in [3.63, 3.8) is 0 Å². The van der Waals surface area contributed by atoms with Crippen molar-refractivity contribution in [2.24, 2.45) is 5.73 Å². The van der Waals surface area contributed by atoms with Crippen molar-refractivity contribution < 1.29 is 9.47 Å². The summed E-state index contributed by atoms with van der Waals surface area (Å²) in [4.78, 5) is 4.45. The Morgan fingerprint density at radius 2 is 2.06 bits per heavy atom. The fourth-order valence-electron chi connectivity index (χ4n) is 1.71. The first-order chi connectivity index (χ1) is 8.36. The summed E-state index contributed by atoms with van der Waals surface area (Å²) in [6.45, 7) is 1.68. The van der Waals surface area contributed by atoms with Gasteiger partial charge in [-0.1, -0.05) is 0 Å². The quantitative estimate of drug-likeness (QED) is 0.883. The zero-order valence-corrected chi connectivity index (χ0v) is 10.00. The fourth-order valence-corrected chi connectivity index (χ4v) is 2.54. The molecule has 0 spiro atoms. The Kier molecular flexibility index (Phi) is 2.70. The largest absolute Gasteiger partial charge is 0.486 e. The van der Waals surface area contributed by atoms with E-state index in [1.165, 1.54) is 0 Å². The predicted molar refractivity (Wildman–Crippen MR) is 66.4 cm³/mol. The van der Waals surface area contributed by atoms with Crippen molar-refractivity contribution in [3.05, 3.63) is 29.3 Å². The monoisotopic (exact) mass is 248 g/mol. The summed E-state index contributed by atoms with van der Waals surface area (Å²) in [6.07, 6.45) is 0. The lowest BCUT2D eigenvalue weighted by molar-refractivity contribution is 0.171. The van der Waals surface area contributed by atoms with Crippen LogP contribution in [0, 0.1) is 0 Å². The van der Waals surface area contributed by atoms with Crippen LogP contribution in [0.1, 0.15) is 5.69 Å². The molecule has 0 amide bonds. The van der Waals surface area contributed by atoms with Crippen LogP contribution >= 0.6 is 11.3 Å². The van der Waals surface area contributed by atoms with Gasteiger partial charge in [0.25, 0.3) is 0 Å². The molecule has 0 fully saturated rings. The second-order valence-corrected chi connectivity index (χ2v) is 4.56. The highest BCUT2D eigenvalue weighted by atomic mass is 32.1. The van der Waals surface area contributed by atoms with Crippen LogP contribution in [-0.4, -0.2) is 18.2 Å². The number of hydrogen-bond donors (Lipinski definition) is 1. The average Bonchev–Trinajstić information content (AvgIpc) is 2.87. The number of thiazole rings is 1. The van der Waals surface area contributed by atoms with E-state index in [-0.39, 0.29) is 0 Å². The Morgan fingerprint density at radius 3 is 2.82 bits per heavy atom. The third-order valence-electron chi connectivity index (χ3n) is 2.55. The molecule has 4 nitrogen and oxygen atoms in total. The number of benzene rings is 1. The maximum absolute atomic E-state index is 5.55. The first kappa shape index (κ1) is 10.6. The Labute approximate surface area is 103 Å². The molecule has 0 aliphatic carbocycles. The third-order valence-corrected chi connectivity index (χ3v) is 3.49. The zero-order valence-electron chi connectivity index (χ0n) is 9.18. The minimum absolute atomic E-state index is 0.473. The van der Waals surface area contributed by atoms with E-state index in [1.54, 1.807) is 11.3 Å². The van der Waals surface area contributed by atoms with E-state index >= 15 is 0 Å². The summed E-state index contributed by atoms with van der Waals surface area (Å²) < 4.78 is 11.0. The summed E-state index contributed by atoms with van der Waals surface area (Å²) in [5.41, 5.74) is 7.51. The highest BCUT2D eigenvalue weighted by Gasteiger charge is 2.13. The predicted octanol–water partition coefficient (Wildman–Crippen LogP) is 2.04. The number of ether oxygens (including phenoxy) is 2. The number of fused-ring (bicyclic) bond motifs is 1. The van der Waals surface area contributed by atoms with Crippen LogP contribution in [0.15, 0.2) is 23.6 Å². The molecule has 17 heavy (non-hydrogen) atoms. The van der Waals surface area contributed by atoms with Gasteiger partial charge in [0, 0.05) is 17.5 Å². The van der Waals surface area contributed by atoms with Crippen LogP contribution in [0.3, 0.4) is 0 Å². The molecule has 0 saturated carbocycles. The normalized spacial score (nSPS) is 13.7. The van der Waals surface area contributed by atoms with Crippen LogP contribution in [0.25, 0.3) is 10.6 Å². The van der Waals surface area contributed by atoms with E-state index < -0.39 is 0 Å². The highest BCUT2D eigenvalue weighted by Crippen LogP contribution is 2.35. The average molecular weight is 248 g/mol. The van der Waals surface area contributed by atoms with Gasteiger partial charge < -0.3 is 15.2 Å². The van der Waals surface area contributed by atoms with Crippen LogP contribution in [-0.2, 0) is 6.54 Å². The molecule has 88 valence electrons. The molecule has 1 aliphatic heterocycles. The summed E-state index contributed by atoms with van der Waals surface area (Å²) in [7, 11) is 0. The van der Waals surface area contributed by atoms with Gasteiger partial charge in [-0.25, -0.2) is 4.98 Å². The minimum Gasteiger partial charge on any atom is -0.486 e. The summed E-state index contributed by atoms with van der Waals surface area (Å²) >= 11 is 1.59. The van der Waals surface area contributed by atoms with Gasteiger partial charge in [0.1, 0.15) is 18.2 Å². The second-order valence-electron chi connectivity index (χ2n) is 3.71. The Hall–Kier alpha value is -1.59. The molecule has 0 unspecified atom stereocenters. The summed E-state index contributed by atoms with van der Waals surface area (Å²) in [5, 5.41) is 2.94. The van der Waals surface area contributed by atoms with Crippen LogP contribution in [0.2, 0.25) is 0 Å². The van der Waals surface area contributed by atoms with Gasteiger partial charge in [0.15, 0.2) is 11.5 Å². The van der Waals surface area contributed by atoms with Crippen molar-refractivity contribution in [2.45, 2.75) is 6.54 Å². The molecule has 3 rings (SSSR count). The molecular weight excluding hydrogens is 236 g/mol. The van der Waals surface area contributed by atoms with Crippen LogP contribution in [0.5, 0.6) is 11.5 Å². The minimum atomic E-state index is 0.473. The summed E-state index contributed by atoms with van der Waals surface area (Å²) in [5.74, 6) is 1.59. The molecule has 2 aromatic rings. The zero-order chi connectivity index (χ0) is 11.7. The van der Waals surface area contributed by atoms with Gasteiger partial charge in [-0.3, -0.25) is 0 Å². The molecular formula is C12H12N2O2S. The van der Waals surface area contributed by atoms with Crippen molar-refractivity contribution >= 4 is 11.3 Å². The number of rotatable bonds is 2. The van der Waals surface area contributed by atoms with Crippen molar-refractivity contribution in [1.29, 1.82) is 0 Å². The highest BCUT2D eigenvalue weighted by molar-refractivity contribution is 7.13. The number of nitrogens with two attached hydrogens (primary N) is 1. The smallest absolute Gasteiger partial charge is 0.162 e. The topological polar surface area (TPSA) is 57.4 Å². The lowest BCUT2D eigenvalue weighted by Crippen LogP contribution is -2.15. The molecule has 2 N–H and O–H groups in total. The van der Waals surface area contributed by atoms with Crippen LogP contribution in [0.4, 0.5) is 0 Å². The maximum Gasteiger partial charge on any atom is 0.162 e. The molecule has 0 atom stereocenters. The first-order valence-electron chi connectivity index (χ1n) is 5.41. The van der Waals surface area contributed by atoms with Gasteiger partial charge in [-0.05, 0) is 18.2 Å². The van der Waals surface area contributed by atoms with Crippen molar-refractivity contribution in [1.82, 2.24) is 4.98 Å². The van der Waals surface area contributed by atoms with Gasteiger partial charge >= 0.3 is 0 Å². The molecule has 1 aromatic heterocycles.